The number of hydrogen-bond donors (Lipinski definition) is 2. The predicted octanol–water partition coefficient (Wildman–Crippen LogP) is 5.77. The molecule has 4 aliphatic rings. The van der Waals surface area contributed by atoms with E-state index >= 15 is 0 Å². The topological polar surface area (TPSA) is 74.6 Å². The molecule has 0 aromatic heterocycles. The minimum Gasteiger partial charge on any atom is -0.393 e. The van der Waals surface area contributed by atoms with E-state index in [1.54, 1.807) is 30.3 Å². The summed E-state index contributed by atoms with van der Waals surface area (Å²) in [6.07, 6.45) is -1.11. The van der Waals surface area contributed by atoms with E-state index in [1.807, 2.05) is 0 Å². The van der Waals surface area contributed by atoms with Crippen LogP contribution in [0.3, 0.4) is 0 Å². The maximum absolute atomic E-state index is 13.6. The van der Waals surface area contributed by atoms with Gasteiger partial charge in [-0.3, -0.25) is 0 Å². The number of fused-ring (bicyclic) bond motifs is 5. The molecule has 4 aliphatic carbocycles. The zero-order valence-electron chi connectivity index (χ0n) is 21.2. The van der Waals surface area contributed by atoms with Gasteiger partial charge in [0.15, 0.2) is 15.4 Å². The van der Waals surface area contributed by atoms with E-state index in [4.69, 9.17) is 0 Å². The van der Waals surface area contributed by atoms with Crippen molar-refractivity contribution < 1.29 is 31.8 Å². The summed E-state index contributed by atoms with van der Waals surface area (Å²) < 4.78 is 66.7. The van der Waals surface area contributed by atoms with Gasteiger partial charge in [-0.05, 0) is 110 Å². The molecule has 0 bridgehead atoms. The van der Waals surface area contributed by atoms with E-state index in [2.05, 4.69) is 13.8 Å². The van der Waals surface area contributed by atoms with Crippen LogP contribution in [0.5, 0.6) is 0 Å². The van der Waals surface area contributed by atoms with Gasteiger partial charge in [0.05, 0.1) is 16.8 Å². The standard InChI is InChI=1S/C28H39F3O4S/c1-25-13-14-27(33,28(29,30)31)16-19(25)8-10-21-22-11-9-18(26(22,2)17-23(32)24(21)25)12-15-36(34,35)20-6-4-3-5-7-20/h3-7,18-19,21-24,32-33H,8-17H2,1-2H3/t18?,19?,21-,22?,23?,24?,25?,26?,27-/m0/s1. The van der Waals surface area contributed by atoms with E-state index < -0.39 is 33.1 Å². The average molecular weight is 529 g/mol. The van der Waals surface area contributed by atoms with Gasteiger partial charge < -0.3 is 10.2 Å². The molecule has 0 heterocycles. The van der Waals surface area contributed by atoms with Gasteiger partial charge >= 0.3 is 6.18 Å². The quantitative estimate of drug-likeness (QED) is 0.520. The summed E-state index contributed by atoms with van der Waals surface area (Å²) in [5, 5.41) is 22.0. The maximum Gasteiger partial charge on any atom is 0.417 e. The smallest absolute Gasteiger partial charge is 0.393 e. The van der Waals surface area contributed by atoms with E-state index in [-0.39, 0.29) is 54.1 Å². The molecular formula is C28H39F3O4S. The first-order valence-electron chi connectivity index (χ1n) is 13.5. The molecule has 0 aliphatic heterocycles. The Hall–Kier alpha value is -1.12. The van der Waals surface area contributed by atoms with E-state index in [0.29, 0.717) is 30.1 Å². The summed E-state index contributed by atoms with van der Waals surface area (Å²) in [6, 6.07) is 8.52. The number of hydrogen-bond acceptors (Lipinski definition) is 4. The van der Waals surface area contributed by atoms with Gasteiger partial charge in [-0.1, -0.05) is 32.0 Å². The molecule has 202 valence electrons. The van der Waals surface area contributed by atoms with Crippen LogP contribution in [0.25, 0.3) is 0 Å². The Balaban J connectivity index is 1.33. The summed E-state index contributed by atoms with van der Waals surface area (Å²) in [5.74, 6) is 0.530. The van der Waals surface area contributed by atoms with Crippen LogP contribution in [-0.4, -0.2) is 42.3 Å². The third-order valence-corrected chi connectivity index (χ3v) is 13.0. The minimum absolute atomic E-state index is 0.0705. The van der Waals surface area contributed by atoms with Crippen molar-refractivity contribution in [2.75, 3.05) is 5.75 Å². The minimum atomic E-state index is -4.63. The lowest BCUT2D eigenvalue weighted by Gasteiger charge is -2.63. The van der Waals surface area contributed by atoms with Crippen LogP contribution < -0.4 is 0 Å². The van der Waals surface area contributed by atoms with Crippen LogP contribution in [0.1, 0.15) is 71.6 Å². The Labute approximate surface area is 212 Å². The lowest BCUT2D eigenvalue weighted by atomic mass is 9.43. The number of aliphatic hydroxyl groups is 2. The molecule has 1 aromatic carbocycles. The van der Waals surface area contributed by atoms with Crippen molar-refractivity contribution in [1.82, 2.24) is 0 Å². The first-order valence-corrected chi connectivity index (χ1v) is 15.1. The molecule has 5 rings (SSSR count). The molecule has 0 spiro atoms. The molecule has 0 amide bonds. The predicted molar refractivity (Wildman–Crippen MR) is 131 cm³/mol. The van der Waals surface area contributed by atoms with E-state index in [1.165, 1.54) is 0 Å². The van der Waals surface area contributed by atoms with E-state index in [0.717, 1.165) is 19.3 Å². The van der Waals surface area contributed by atoms with Crippen molar-refractivity contribution >= 4 is 9.84 Å². The summed E-state index contributed by atoms with van der Waals surface area (Å²) in [7, 11) is -3.38. The Morgan fingerprint density at radius 1 is 0.972 bits per heavy atom. The SMILES string of the molecule is CC12CC(O)C3[C@@H](CCC4C[C@](O)(C(F)(F)F)CCC43C)C1CCC2CCS(=O)(=O)c1ccccc1. The molecule has 4 fully saturated rings. The summed E-state index contributed by atoms with van der Waals surface area (Å²) in [5.41, 5.74) is -3.21. The molecule has 9 atom stereocenters. The molecule has 4 saturated carbocycles. The fourth-order valence-electron chi connectivity index (χ4n) is 9.25. The van der Waals surface area contributed by atoms with Crippen molar-refractivity contribution in [3.63, 3.8) is 0 Å². The fraction of sp³-hybridized carbons (Fsp3) is 0.786. The Kier molecular flexibility index (Phi) is 6.40. The van der Waals surface area contributed by atoms with Gasteiger partial charge in [0.1, 0.15) is 0 Å². The maximum atomic E-state index is 13.6. The third kappa shape index (κ3) is 4.05. The van der Waals surface area contributed by atoms with Crippen molar-refractivity contribution in [3.8, 4) is 0 Å². The Bertz CT molecular complexity index is 1080. The molecular weight excluding hydrogens is 489 g/mol. The van der Waals surface area contributed by atoms with Crippen LogP contribution in [0.15, 0.2) is 35.2 Å². The highest BCUT2D eigenvalue weighted by atomic mass is 32.2. The van der Waals surface area contributed by atoms with Crippen molar-refractivity contribution in [2.24, 2.45) is 40.4 Å². The number of rotatable bonds is 4. The third-order valence-electron chi connectivity index (χ3n) is 11.2. The van der Waals surface area contributed by atoms with Gasteiger partial charge in [-0.25, -0.2) is 8.42 Å². The van der Waals surface area contributed by atoms with Gasteiger partial charge in [0.25, 0.3) is 0 Å². The molecule has 36 heavy (non-hydrogen) atoms. The number of sulfone groups is 1. The molecule has 8 heteroatoms. The highest BCUT2D eigenvalue weighted by Crippen LogP contribution is 2.69. The zero-order valence-corrected chi connectivity index (χ0v) is 22.0. The van der Waals surface area contributed by atoms with Crippen molar-refractivity contribution in [3.05, 3.63) is 30.3 Å². The van der Waals surface area contributed by atoms with Crippen LogP contribution >= 0.6 is 0 Å². The van der Waals surface area contributed by atoms with Gasteiger partial charge in [-0.2, -0.15) is 13.2 Å². The largest absolute Gasteiger partial charge is 0.417 e. The first-order chi connectivity index (χ1) is 16.7. The molecule has 4 nitrogen and oxygen atoms in total. The lowest BCUT2D eigenvalue weighted by molar-refractivity contribution is -0.293. The number of benzene rings is 1. The van der Waals surface area contributed by atoms with E-state index in [9.17, 15) is 31.8 Å². The Morgan fingerprint density at radius 2 is 1.67 bits per heavy atom. The van der Waals surface area contributed by atoms with Gasteiger partial charge in [-0.15, -0.1) is 0 Å². The second kappa shape index (κ2) is 8.70. The molecule has 0 radical (unpaired) electrons. The lowest BCUT2D eigenvalue weighted by Crippen LogP contribution is -2.62. The first kappa shape index (κ1) is 26.5. The molecule has 7 unspecified atom stereocenters. The summed E-state index contributed by atoms with van der Waals surface area (Å²) in [4.78, 5) is 0.343. The number of halogens is 3. The van der Waals surface area contributed by atoms with Crippen molar-refractivity contribution in [2.45, 2.75) is 94.4 Å². The van der Waals surface area contributed by atoms with Crippen molar-refractivity contribution in [1.29, 1.82) is 0 Å². The van der Waals surface area contributed by atoms with Gasteiger partial charge in [0, 0.05) is 0 Å². The fourth-order valence-corrected chi connectivity index (χ4v) is 10.7. The van der Waals surface area contributed by atoms with Crippen LogP contribution in [-0.2, 0) is 9.84 Å². The van der Waals surface area contributed by atoms with Crippen LogP contribution in [0, 0.1) is 40.4 Å². The van der Waals surface area contributed by atoms with Crippen LogP contribution in [0.4, 0.5) is 13.2 Å². The summed E-state index contributed by atoms with van der Waals surface area (Å²) in [6.45, 7) is 4.26. The highest BCUT2D eigenvalue weighted by Gasteiger charge is 2.66. The summed E-state index contributed by atoms with van der Waals surface area (Å²) >= 11 is 0. The van der Waals surface area contributed by atoms with Crippen LogP contribution in [0.2, 0.25) is 0 Å². The monoisotopic (exact) mass is 528 g/mol. The highest BCUT2D eigenvalue weighted by molar-refractivity contribution is 7.91. The normalized spacial score (nSPS) is 45.0. The van der Waals surface area contributed by atoms with Gasteiger partial charge in [0.2, 0.25) is 0 Å². The zero-order chi connectivity index (χ0) is 26.1. The number of alkyl halides is 3. The molecule has 0 saturated heterocycles. The second-order valence-corrected chi connectivity index (χ2v) is 14.9. The Morgan fingerprint density at radius 3 is 2.33 bits per heavy atom. The average Bonchev–Trinajstić information content (AvgIpc) is 3.13. The second-order valence-electron chi connectivity index (χ2n) is 12.8. The molecule has 1 aromatic rings. The number of aliphatic hydroxyl groups excluding tert-OH is 1. The molecule has 2 N–H and O–H groups in total.